The molecule has 0 N–H and O–H groups in total. The lowest BCUT2D eigenvalue weighted by Crippen LogP contribution is -1.92. The molecule has 0 saturated carbocycles. The first-order valence-corrected chi connectivity index (χ1v) is 8.33. The zero-order valence-corrected chi connectivity index (χ0v) is 13.8. The predicted octanol–water partition coefficient (Wildman–Crippen LogP) is 4.79. The van der Waals surface area contributed by atoms with Crippen LogP contribution in [0.15, 0.2) is 47.4 Å². The standard InChI is InChI=1S/C15H14BrNO3S/c1-20-14-5-2-11(3-6-14)10-21-15-7-4-13(17(18)19)8-12(15)9-16/h2-8H,9-10H2,1H3. The van der Waals surface area contributed by atoms with Crippen molar-refractivity contribution in [1.82, 2.24) is 0 Å². The predicted molar refractivity (Wildman–Crippen MR) is 88.3 cm³/mol. The van der Waals surface area contributed by atoms with E-state index >= 15 is 0 Å². The molecule has 0 radical (unpaired) electrons. The largest absolute Gasteiger partial charge is 0.497 e. The second-order valence-corrected chi connectivity index (χ2v) is 5.90. The number of rotatable bonds is 6. The molecule has 0 atom stereocenters. The highest BCUT2D eigenvalue weighted by atomic mass is 79.9. The molecule has 2 aromatic rings. The first-order valence-electron chi connectivity index (χ1n) is 6.23. The van der Waals surface area contributed by atoms with Gasteiger partial charge in [0.05, 0.1) is 12.0 Å². The van der Waals surface area contributed by atoms with E-state index in [1.54, 1.807) is 31.0 Å². The molecule has 0 aliphatic carbocycles. The number of benzene rings is 2. The molecule has 0 fully saturated rings. The average molecular weight is 368 g/mol. The highest BCUT2D eigenvalue weighted by Crippen LogP contribution is 2.31. The van der Waals surface area contributed by atoms with Crippen molar-refractivity contribution in [2.24, 2.45) is 0 Å². The van der Waals surface area contributed by atoms with Gasteiger partial charge in [-0.3, -0.25) is 10.1 Å². The SMILES string of the molecule is COc1ccc(CSc2ccc([N+](=O)[O-])cc2CBr)cc1. The summed E-state index contributed by atoms with van der Waals surface area (Å²) in [6.07, 6.45) is 0. The number of nitrogens with zero attached hydrogens (tertiary/aromatic N) is 1. The van der Waals surface area contributed by atoms with Gasteiger partial charge >= 0.3 is 0 Å². The molecular weight excluding hydrogens is 354 g/mol. The van der Waals surface area contributed by atoms with Gasteiger partial charge in [0.25, 0.3) is 5.69 Å². The van der Waals surface area contributed by atoms with Crippen LogP contribution in [-0.2, 0) is 11.1 Å². The summed E-state index contributed by atoms with van der Waals surface area (Å²) in [6, 6.07) is 12.9. The zero-order chi connectivity index (χ0) is 15.2. The topological polar surface area (TPSA) is 52.4 Å². The summed E-state index contributed by atoms with van der Waals surface area (Å²) in [4.78, 5) is 11.5. The molecule has 4 nitrogen and oxygen atoms in total. The van der Waals surface area contributed by atoms with Gasteiger partial charge in [-0.2, -0.15) is 0 Å². The Morgan fingerprint density at radius 1 is 1.24 bits per heavy atom. The van der Waals surface area contributed by atoms with Crippen molar-refractivity contribution in [1.29, 1.82) is 0 Å². The van der Waals surface area contributed by atoms with Crippen LogP contribution in [-0.4, -0.2) is 12.0 Å². The fourth-order valence-corrected chi connectivity index (χ4v) is 3.45. The Hall–Kier alpha value is -1.53. The highest BCUT2D eigenvalue weighted by Gasteiger charge is 2.10. The first kappa shape index (κ1) is 15.9. The fourth-order valence-electron chi connectivity index (χ4n) is 1.81. The maximum Gasteiger partial charge on any atom is 0.269 e. The van der Waals surface area contributed by atoms with E-state index in [9.17, 15) is 10.1 Å². The van der Waals surface area contributed by atoms with E-state index in [0.29, 0.717) is 5.33 Å². The summed E-state index contributed by atoms with van der Waals surface area (Å²) in [7, 11) is 1.64. The zero-order valence-electron chi connectivity index (χ0n) is 11.4. The van der Waals surface area contributed by atoms with E-state index in [0.717, 1.165) is 22.0 Å². The Balaban J connectivity index is 2.09. The summed E-state index contributed by atoms with van der Waals surface area (Å²) in [5, 5.41) is 11.4. The van der Waals surface area contributed by atoms with Crippen molar-refractivity contribution in [3.05, 3.63) is 63.7 Å². The van der Waals surface area contributed by atoms with Gasteiger partial charge in [-0.15, -0.1) is 11.8 Å². The minimum atomic E-state index is -0.371. The van der Waals surface area contributed by atoms with Gasteiger partial charge in [0, 0.05) is 28.1 Å². The van der Waals surface area contributed by atoms with E-state index in [4.69, 9.17) is 4.74 Å². The third kappa shape index (κ3) is 4.22. The van der Waals surface area contributed by atoms with E-state index in [1.165, 1.54) is 5.56 Å². The quantitative estimate of drug-likeness (QED) is 0.318. The van der Waals surface area contributed by atoms with Crippen molar-refractivity contribution in [3.8, 4) is 5.75 Å². The maximum absolute atomic E-state index is 10.8. The van der Waals surface area contributed by atoms with Crippen LogP contribution in [0.4, 0.5) is 5.69 Å². The Labute approximate surface area is 135 Å². The van der Waals surface area contributed by atoms with E-state index < -0.39 is 0 Å². The summed E-state index contributed by atoms with van der Waals surface area (Å²) in [5.41, 5.74) is 2.24. The van der Waals surface area contributed by atoms with Crippen LogP contribution in [0.3, 0.4) is 0 Å². The van der Waals surface area contributed by atoms with Crippen molar-refractivity contribution in [2.45, 2.75) is 16.0 Å². The Kier molecular flexibility index (Phi) is 5.64. The molecule has 0 aromatic heterocycles. The van der Waals surface area contributed by atoms with Crippen molar-refractivity contribution in [2.75, 3.05) is 7.11 Å². The van der Waals surface area contributed by atoms with Gasteiger partial charge in [-0.05, 0) is 29.3 Å². The molecule has 0 unspecified atom stereocenters. The number of non-ortho nitro benzene ring substituents is 1. The molecule has 110 valence electrons. The van der Waals surface area contributed by atoms with Crippen LogP contribution in [0.5, 0.6) is 5.75 Å². The number of methoxy groups -OCH3 is 1. The lowest BCUT2D eigenvalue weighted by atomic mass is 10.2. The maximum atomic E-state index is 10.8. The molecule has 0 amide bonds. The highest BCUT2D eigenvalue weighted by molar-refractivity contribution is 9.08. The number of halogens is 1. The average Bonchev–Trinajstić information content (AvgIpc) is 2.53. The number of nitro benzene ring substituents is 1. The summed E-state index contributed by atoms with van der Waals surface area (Å²) >= 11 is 5.05. The second kappa shape index (κ2) is 7.47. The number of hydrogen-bond donors (Lipinski definition) is 0. The van der Waals surface area contributed by atoms with Crippen LogP contribution in [0.25, 0.3) is 0 Å². The number of nitro groups is 1. The molecule has 0 saturated heterocycles. The molecule has 0 aliphatic rings. The summed E-state index contributed by atoms with van der Waals surface area (Å²) in [6.45, 7) is 0. The minimum absolute atomic E-state index is 0.123. The van der Waals surface area contributed by atoms with E-state index in [-0.39, 0.29) is 10.6 Å². The molecule has 0 spiro atoms. The monoisotopic (exact) mass is 367 g/mol. The molecule has 21 heavy (non-hydrogen) atoms. The summed E-state index contributed by atoms with van der Waals surface area (Å²) < 4.78 is 5.13. The second-order valence-electron chi connectivity index (χ2n) is 4.32. The third-order valence-corrected chi connectivity index (χ3v) is 4.74. The smallest absolute Gasteiger partial charge is 0.269 e. The van der Waals surface area contributed by atoms with Gasteiger partial charge in [0.1, 0.15) is 5.75 Å². The number of thioether (sulfide) groups is 1. The molecular formula is C15H14BrNO3S. The van der Waals surface area contributed by atoms with Crippen LogP contribution < -0.4 is 4.74 Å². The van der Waals surface area contributed by atoms with Crippen LogP contribution in [0.1, 0.15) is 11.1 Å². The van der Waals surface area contributed by atoms with Gasteiger partial charge in [0.15, 0.2) is 0 Å². The van der Waals surface area contributed by atoms with Crippen LogP contribution >= 0.6 is 27.7 Å². The molecule has 0 heterocycles. The molecule has 0 bridgehead atoms. The fraction of sp³-hybridized carbons (Fsp3) is 0.200. The van der Waals surface area contributed by atoms with Gasteiger partial charge < -0.3 is 4.74 Å². The van der Waals surface area contributed by atoms with Crippen molar-refractivity contribution >= 4 is 33.4 Å². The lowest BCUT2D eigenvalue weighted by molar-refractivity contribution is -0.385. The number of ether oxygens (including phenoxy) is 1. The third-order valence-electron chi connectivity index (χ3n) is 2.95. The molecule has 2 aromatic carbocycles. The van der Waals surface area contributed by atoms with Crippen molar-refractivity contribution < 1.29 is 9.66 Å². The number of hydrogen-bond acceptors (Lipinski definition) is 4. The lowest BCUT2D eigenvalue weighted by Gasteiger charge is -2.07. The Bertz CT molecular complexity index is 631. The molecule has 6 heteroatoms. The van der Waals surface area contributed by atoms with Gasteiger partial charge in [-0.1, -0.05) is 28.1 Å². The van der Waals surface area contributed by atoms with E-state index in [2.05, 4.69) is 15.9 Å². The first-order chi connectivity index (χ1) is 10.1. The number of alkyl halides is 1. The Morgan fingerprint density at radius 2 is 1.95 bits per heavy atom. The van der Waals surface area contributed by atoms with E-state index in [1.807, 2.05) is 30.3 Å². The van der Waals surface area contributed by atoms with Gasteiger partial charge in [0.2, 0.25) is 0 Å². The molecule has 2 rings (SSSR count). The van der Waals surface area contributed by atoms with Crippen molar-refractivity contribution in [3.63, 3.8) is 0 Å². The van der Waals surface area contributed by atoms with Crippen LogP contribution in [0.2, 0.25) is 0 Å². The van der Waals surface area contributed by atoms with Gasteiger partial charge in [-0.25, -0.2) is 0 Å². The Morgan fingerprint density at radius 3 is 2.52 bits per heavy atom. The summed E-state index contributed by atoms with van der Waals surface area (Å²) in [5.74, 6) is 1.64. The normalized spacial score (nSPS) is 10.4. The van der Waals surface area contributed by atoms with Crippen LogP contribution in [0, 0.1) is 10.1 Å². The molecule has 0 aliphatic heterocycles. The minimum Gasteiger partial charge on any atom is -0.497 e.